The van der Waals surface area contributed by atoms with Crippen molar-refractivity contribution in [1.29, 1.82) is 0 Å². The van der Waals surface area contributed by atoms with E-state index in [1.54, 1.807) is 12.1 Å². The second-order valence-corrected chi connectivity index (χ2v) is 5.28. The molecule has 1 N–H and O–H groups in total. The first-order valence-corrected chi connectivity index (χ1v) is 7.15. The predicted octanol–water partition coefficient (Wildman–Crippen LogP) is 2.77. The van der Waals surface area contributed by atoms with Crippen molar-refractivity contribution in [1.82, 2.24) is 14.8 Å². The lowest BCUT2D eigenvalue weighted by Gasteiger charge is -2.09. The summed E-state index contributed by atoms with van der Waals surface area (Å²) in [4.78, 5) is 11.1. The molecule has 3 rings (SSSR count). The standard InChI is InChI=1S/C15H17FN4O/c1-10(21)17-13-9-11(6-7-12(13)16)15-19-18-14-5-3-2-4-8-20(14)15/h6-7,9H,2-5,8H2,1H3,(H,17,21). The Morgan fingerprint density at radius 1 is 1.29 bits per heavy atom. The number of nitrogens with one attached hydrogen (secondary N) is 1. The van der Waals surface area contributed by atoms with Gasteiger partial charge in [0.05, 0.1) is 5.69 Å². The van der Waals surface area contributed by atoms with Gasteiger partial charge in [0.25, 0.3) is 0 Å². The van der Waals surface area contributed by atoms with Gasteiger partial charge >= 0.3 is 0 Å². The molecule has 0 fully saturated rings. The summed E-state index contributed by atoms with van der Waals surface area (Å²) in [7, 11) is 0. The summed E-state index contributed by atoms with van der Waals surface area (Å²) in [6, 6.07) is 4.63. The first kappa shape index (κ1) is 13.7. The van der Waals surface area contributed by atoms with Crippen molar-refractivity contribution in [2.24, 2.45) is 0 Å². The van der Waals surface area contributed by atoms with Gasteiger partial charge in [-0.25, -0.2) is 4.39 Å². The van der Waals surface area contributed by atoms with E-state index in [2.05, 4.69) is 20.1 Å². The molecule has 2 heterocycles. The molecule has 1 aromatic carbocycles. The van der Waals surface area contributed by atoms with E-state index in [9.17, 15) is 9.18 Å². The number of halogens is 1. The van der Waals surface area contributed by atoms with Crippen LogP contribution < -0.4 is 5.32 Å². The highest BCUT2D eigenvalue weighted by molar-refractivity contribution is 5.89. The molecule has 0 spiro atoms. The van der Waals surface area contributed by atoms with Gasteiger partial charge in [0.2, 0.25) is 5.91 Å². The Morgan fingerprint density at radius 3 is 2.95 bits per heavy atom. The van der Waals surface area contributed by atoms with Gasteiger partial charge in [0.15, 0.2) is 5.82 Å². The van der Waals surface area contributed by atoms with Crippen molar-refractivity contribution < 1.29 is 9.18 Å². The lowest BCUT2D eigenvalue weighted by molar-refractivity contribution is -0.114. The van der Waals surface area contributed by atoms with Crippen molar-refractivity contribution in [3.8, 4) is 11.4 Å². The SMILES string of the molecule is CC(=O)Nc1cc(-c2nnc3n2CCCCC3)ccc1F. The third-order valence-electron chi connectivity index (χ3n) is 3.64. The van der Waals surface area contributed by atoms with Crippen LogP contribution in [0, 0.1) is 5.82 Å². The Balaban J connectivity index is 2.01. The highest BCUT2D eigenvalue weighted by Gasteiger charge is 2.17. The molecule has 0 atom stereocenters. The highest BCUT2D eigenvalue weighted by atomic mass is 19.1. The van der Waals surface area contributed by atoms with Gasteiger partial charge in [-0.15, -0.1) is 10.2 Å². The number of aromatic nitrogens is 3. The van der Waals surface area contributed by atoms with Gasteiger partial charge in [0, 0.05) is 25.5 Å². The number of fused-ring (bicyclic) bond motifs is 1. The Bertz CT molecular complexity index is 680. The second-order valence-electron chi connectivity index (χ2n) is 5.28. The van der Waals surface area contributed by atoms with Crippen LogP contribution in [0.5, 0.6) is 0 Å². The predicted molar refractivity (Wildman–Crippen MR) is 77.3 cm³/mol. The fourth-order valence-corrected chi connectivity index (χ4v) is 2.65. The molecule has 0 unspecified atom stereocenters. The van der Waals surface area contributed by atoms with Crippen LogP contribution in [0.25, 0.3) is 11.4 Å². The molecule has 2 aromatic rings. The first-order chi connectivity index (χ1) is 10.1. The van der Waals surface area contributed by atoms with E-state index >= 15 is 0 Å². The smallest absolute Gasteiger partial charge is 0.221 e. The molecular weight excluding hydrogens is 271 g/mol. The summed E-state index contributed by atoms with van der Waals surface area (Å²) < 4.78 is 15.8. The maximum atomic E-state index is 13.7. The van der Waals surface area contributed by atoms with Crippen LogP contribution in [0.15, 0.2) is 18.2 Å². The molecule has 1 aromatic heterocycles. The average Bonchev–Trinajstić information content (AvgIpc) is 2.70. The zero-order chi connectivity index (χ0) is 14.8. The molecule has 0 saturated carbocycles. The third kappa shape index (κ3) is 2.79. The quantitative estimate of drug-likeness (QED) is 0.924. The monoisotopic (exact) mass is 288 g/mol. The third-order valence-corrected chi connectivity index (χ3v) is 3.64. The lowest BCUT2D eigenvalue weighted by Crippen LogP contribution is -2.08. The number of nitrogens with zero attached hydrogens (tertiary/aromatic N) is 3. The molecule has 21 heavy (non-hydrogen) atoms. The van der Waals surface area contributed by atoms with Crippen LogP contribution in [-0.4, -0.2) is 20.7 Å². The van der Waals surface area contributed by atoms with Crippen molar-refractivity contribution >= 4 is 11.6 Å². The van der Waals surface area contributed by atoms with Crippen molar-refractivity contribution in [3.05, 3.63) is 29.8 Å². The molecule has 5 nitrogen and oxygen atoms in total. The van der Waals surface area contributed by atoms with E-state index < -0.39 is 5.82 Å². The first-order valence-electron chi connectivity index (χ1n) is 7.15. The van der Waals surface area contributed by atoms with Crippen molar-refractivity contribution in [3.63, 3.8) is 0 Å². The summed E-state index contributed by atoms with van der Waals surface area (Å²) in [6.45, 7) is 2.24. The molecule has 1 aliphatic heterocycles. The summed E-state index contributed by atoms with van der Waals surface area (Å²) in [6.07, 6.45) is 4.33. The molecule has 0 bridgehead atoms. The van der Waals surface area contributed by atoms with Crippen molar-refractivity contribution in [2.45, 2.75) is 39.2 Å². The molecule has 1 aliphatic rings. The molecule has 0 radical (unpaired) electrons. The van der Waals surface area contributed by atoms with Gasteiger partial charge in [-0.05, 0) is 31.0 Å². The van der Waals surface area contributed by atoms with E-state index in [4.69, 9.17) is 0 Å². The Morgan fingerprint density at radius 2 is 2.14 bits per heavy atom. The van der Waals surface area contributed by atoms with Gasteiger partial charge < -0.3 is 9.88 Å². The Hall–Kier alpha value is -2.24. The number of carbonyl (C=O) groups is 1. The molecule has 110 valence electrons. The fraction of sp³-hybridized carbons (Fsp3) is 0.400. The molecule has 6 heteroatoms. The van der Waals surface area contributed by atoms with Crippen LogP contribution in [0.2, 0.25) is 0 Å². The number of aryl methyl sites for hydroxylation is 1. The van der Waals surface area contributed by atoms with E-state index in [0.29, 0.717) is 0 Å². The minimum absolute atomic E-state index is 0.172. The largest absolute Gasteiger partial charge is 0.324 e. The average molecular weight is 288 g/mol. The van der Waals surface area contributed by atoms with Gasteiger partial charge in [-0.2, -0.15) is 0 Å². The van der Waals surface area contributed by atoms with Gasteiger partial charge in [0.1, 0.15) is 11.6 Å². The number of amides is 1. The number of carbonyl (C=O) groups excluding carboxylic acids is 1. The zero-order valence-corrected chi connectivity index (χ0v) is 11.9. The molecule has 1 amide bonds. The maximum Gasteiger partial charge on any atom is 0.221 e. The van der Waals surface area contributed by atoms with Crippen LogP contribution in [0.1, 0.15) is 32.0 Å². The Labute approximate surface area is 122 Å². The van der Waals surface area contributed by atoms with Crippen LogP contribution in [-0.2, 0) is 17.8 Å². The summed E-state index contributed by atoms with van der Waals surface area (Å²) >= 11 is 0. The van der Waals surface area contributed by atoms with E-state index in [1.165, 1.54) is 19.4 Å². The molecular formula is C15H17FN4O. The molecule has 0 aliphatic carbocycles. The fourth-order valence-electron chi connectivity index (χ4n) is 2.65. The van der Waals surface area contributed by atoms with Crippen molar-refractivity contribution in [2.75, 3.05) is 5.32 Å². The van der Waals surface area contributed by atoms with E-state index in [1.807, 2.05) is 0 Å². The van der Waals surface area contributed by atoms with Crippen LogP contribution in [0.4, 0.5) is 10.1 Å². The number of hydrogen-bond acceptors (Lipinski definition) is 3. The minimum Gasteiger partial charge on any atom is -0.324 e. The summed E-state index contributed by atoms with van der Waals surface area (Å²) in [5.41, 5.74) is 0.937. The summed E-state index contributed by atoms with van der Waals surface area (Å²) in [5, 5.41) is 11.0. The number of hydrogen-bond donors (Lipinski definition) is 1. The minimum atomic E-state index is -0.454. The number of rotatable bonds is 2. The van der Waals surface area contributed by atoms with Gasteiger partial charge in [-0.1, -0.05) is 6.42 Å². The maximum absolute atomic E-state index is 13.7. The lowest BCUT2D eigenvalue weighted by atomic mass is 10.1. The topological polar surface area (TPSA) is 59.8 Å². The van der Waals surface area contributed by atoms with E-state index in [0.717, 1.165) is 43.0 Å². The summed E-state index contributed by atoms with van der Waals surface area (Å²) in [5.74, 6) is 0.960. The van der Waals surface area contributed by atoms with Crippen LogP contribution in [0.3, 0.4) is 0 Å². The normalized spacial score (nSPS) is 14.4. The number of anilines is 1. The van der Waals surface area contributed by atoms with Gasteiger partial charge in [-0.3, -0.25) is 4.79 Å². The zero-order valence-electron chi connectivity index (χ0n) is 11.9. The molecule has 0 saturated heterocycles. The Kier molecular flexibility index (Phi) is 3.68. The second kappa shape index (κ2) is 5.63. The van der Waals surface area contributed by atoms with Crippen LogP contribution >= 0.6 is 0 Å². The highest BCUT2D eigenvalue weighted by Crippen LogP contribution is 2.26. The van der Waals surface area contributed by atoms with E-state index in [-0.39, 0.29) is 11.6 Å². The number of benzene rings is 1.